The Morgan fingerprint density at radius 2 is 2.06 bits per heavy atom. The van der Waals surface area contributed by atoms with E-state index in [1.807, 2.05) is 11.3 Å². The van der Waals surface area contributed by atoms with Gasteiger partial charge in [-0.1, -0.05) is 6.07 Å². The van der Waals surface area contributed by atoms with Gasteiger partial charge in [0.15, 0.2) is 5.96 Å². The average Bonchev–Trinajstić information content (AvgIpc) is 3.28. The van der Waals surface area contributed by atoms with Crippen LogP contribution in [0.15, 0.2) is 22.5 Å². The zero-order valence-corrected chi connectivity index (χ0v) is 22.7. The lowest BCUT2D eigenvalue weighted by molar-refractivity contribution is 0.128. The summed E-state index contributed by atoms with van der Waals surface area (Å²) >= 11 is 1.88. The molecule has 2 aliphatic rings. The Morgan fingerprint density at radius 1 is 1.26 bits per heavy atom. The Morgan fingerprint density at radius 3 is 2.74 bits per heavy atom. The van der Waals surface area contributed by atoms with Gasteiger partial charge in [0.2, 0.25) is 0 Å². The molecule has 178 valence electrons. The van der Waals surface area contributed by atoms with Crippen LogP contribution in [-0.2, 0) is 4.74 Å². The Hall–Kier alpha value is -0.420. The van der Waals surface area contributed by atoms with E-state index in [2.05, 4.69) is 51.9 Å². The van der Waals surface area contributed by atoms with Gasteiger partial charge in [-0.05, 0) is 70.0 Å². The molecule has 2 fully saturated rings. The second-order valence-corrected chi connectivity index (χ2v) is 9.65. The molecule has 0 bridgehead atoms. The number of hydrogen-bond donors (Lipinski definition) is 2. The van der Waals surface area contributed by atoms with E-state index in [0.717, 1.165) is 51.7 Å². The molecular weight excluding hydrogens is 521 g/mol. The number of piperidine rings is 2. The van der Waals surface area contributed by atoms with Crippen LogP contribution in [0, 0.1) is 5.92 Å². The predicted octanol–water partition coefficient (Wildman–Crippen LogP) is 3.81. The number of methoxy groups -OCH3 is 1. The van der Waals surface area contributed by atoms with Crippen molar-refractivity contribution in [1.29, 1.82) is 0 Å². The van der Waals surface area contributed by atoms with Crippen molar-refractivity contribution < 1.29 is 4.74 Å². The van der Waals surface area contributed by atoms with E-state index < -0.39 is 0 Å². The average molecular weight is 564 g/mol. The normalized spacial score (nSPS) is 24.0. The highest BCUT2D eigenvalue weighted by atomic mass is 127. The van der Waals surface area contributed by atoms with Gasteiger partial charge in [-0.25, -0.2) is 0 Å². The van der Waals surface area contributed by atoms with E-state index in [0.29, 0.717) is 18.0 Å². The lowest BCUT2D eigenvalue weighted by Crippen LogP contribution is -2.49. The summed E-state index contributed by atoms with van der Waals surface area (Å²) in [4.78, 5) is 11.6. The largest absolute Gasteiger partial charge is 0.385 e. The number of ether oxygens (including phenoxy) is 1. The van der Waals surface area contributed by atoms with Crippen molar-refractivity contribution in [3.05, 3.63) is 22.4 Å². The first-order valence-electron chi connectivity index (χ1n) is 11.7. The summed E-state index contributed by atoms with van der Waals surface area (Å²) in [6.45, 7) is 9.46. The Bertz CT molecular complexity index is 621. The van der Waals surface area contributed by atoms with E-state index in [4.69, 9.17) is 9.73 Å². The Kier molecular flexibility index (Phi) is 12.7. The summed E-state index contributed by atoms with van der Waals surface area (Å²) in [7, 11) is 4.05. The van der Waals surface area contributed by atoms with Crippen molar-refractivity contribution in [1.82, 2.24) is 20.4 Å². The zero-order valence-electron chi connectivity index (χ0n) is 19.5. The number of likely N-dealkylation sites (tertiary alicyclic amines) is 2. The molecule has 2 saturated heterocycles. The monoisotopic (exact) mass is 563 g/mol. The van der Waals surface area contributed by atoms with E-state index in [1.165, 1.54) is 37.1 Å². The highest BCUT2D eigenvalue weighted by Gasteiger charge is 2.31. The second kappa shape index (κ2) is 14.7. The molecule has 0 aromatic carbocycles. The fourth-order valence-electron chi connectivity index (χ4n) is 4.82. The first kappa shape index (κ1) is 26.8. The quantitative estimate of drug-likeness (QED) is 0.207. The van der Waals surface area contributed by atoms with Gasteiger partial charge in [-0.2, -0.15) is 0 Å². The van der Waals surface area contributed by atoms with Gasteiger partial charge in [0.25, 0.3) is 0 Å². The molecule has 8 heteroatoms. The molecule has 31 heavy (non-hydrogen) atoms. The van der Waals surface area contributed by atoms with Gasteiger partial charge in [-0.15, -0.1) is 35.3 Å². The maximum Gasteiger partial charge on any atom is 0.191 e. The van der Waals surface area contributed by atoms with Crippen molar-refractivity contribution in [3.8, 4) is 0 Å². The van der Waals surface area contributed by atoms with E-state index in [9.17, 15) is 0 Å². The summed E-state index contributed by atoms with van der Waals surface area (Å²) in [6, 6.07) is 5.48. The highest BCUT2D eigenvalue weighted by Crippen LogP contribution is 2.37. The van der Waals surface area contributed by atoms with E-state index >= 15 is 0 Å². The van der Waals surface area contributed by atoms with Crippen LogP contribution in [0.2, 0.25) is 0 Å². The number of nitrogens with zero attached hydrogens (tertiary/aromatic N) is 3. The summed E-state index contributed by atoms with van der Waals surface area (Å²) in [5.74, 6) is 1.58. The third-order valence-corrected chi connectivity index (χ3v) is 7.36. The van der Waals surface area contributed by atoms with Crippen molar-refractivity contribution in [2.45, 2.75) is 51.1 Å². The summed E-state index contributed by atoms with van der Waals surface area (Å²) in [5.41, 5.74) is 0. The third-order valence-electron chi connectivity index (χ3n) is 6.42. The lowest BCUT2D eigenvalue weighted by Gasteiger charge is -2.38. The van der Waals surface area contributed by atoms with Crippen LogP contribution in [0.5, 0.6) is 0 Å². The van der Waals surface area contributed by atoms with Crippen LogP contribution in [-0.4, -0.2) is 81.8 Å². The van der Waals surface area contributed by atoms with Gasteiger partial charge >= 0.3 is 0 Å². The van der Waals surface area contributed by atoms with Crippen LogP contribution in [0.25, 0.3) is 0 Å². The van der Waals surface area contributed by atoms with Crippen molar-refractivity contribution in [3.63, 3.8) is 0 Å². The van der Waals surface area contributed by atoms with Crippen molar-refractivity contribution in [2.75, 3.05) is 60.0 Å². The number of aliphatic imine (C=N–C) groups is 1. The van der Waals surface area contributed by atoms with Gasteiger partial charge in [-0.3, -0.25) is 9.89 Å². The minimum absolute atomic E-state index is 0. The first-order chi connectivity index (χ1) is 14.7. The third kappa shape index (κ3) is 8.46. The fraction of sp³-hybridized carbons (Fsp3) is 0.783. The standard InChI is InChI=1S/C23H41N5OS.HI/c1-4-24-23(26-20-10-14-28(15-11-20)13-7-16-29-3)25-18-19-8-5-12-27(2)22(19)21-9-6-17-30-21;/h6,9,17,19-20,22H,4-5,7-8,10-16,18H2,1-3H3,(H2,24,25,26);1H. The molecule has 0 saturated carbocycles. The van der Waals surface area contributed by atoms with Gasteiger partial charge < -0.3 is 20.3 Å². The molecule has 3 rings (SSSR count). The molecule has 2 aliphatic heterocycles. The topological polar surface area (TPSA) is 52.1 Å². The molecule has 1 aromatic rings. The Labute approximate surface area is 210 Å². The number of halogens is 1. The molecule has 2 unspecified atom stereocenters. The van der Waals surface area contributed by atoms with Crippen LogP contribution in [0.3, 0.4) is 0 Å². The maximum absolute atomic E-state index is 5.18. The summed E-state index contributed by atoms with van der Waals surface area (Å²) in [5, 5.41) is 9.40. The SMILES string of the molecule is CCNC(=NCC1CCCN(C)C1c1cccs1)NC1CCN(CCCOC)CC1.I. The Balaban J connectivity index is 0.00000341. The minimum atomic E-state index is 0. The van der Waals surface area contributed by atoms with Crippen LogP contribution >= 0.6 is 35.3 Å². The fourth-order valence-corrected chi connectivity index (χ4v) is 5.80. The van der Waals surface area contributed by atoms with Crippen molar-refractivity contribution >= 4 is 41.3 Å². The predicted molar refractivity (Wildman–Crippen MR) is 143 cm³/mol. The van der Waals surface area contributed by atoms with Crippen LogP contribution in [0.4, 0.5) is 0 Å². The van der Waals surface area contributed by atoms with Crippen LogP contribution in [0.1, 0.15) is 49.9 Å². The molecule has 6 nitrogen and oxygen atoms in total. The molecule has 2 N–H and O–H groups in total. The van der Waals surface area contributed by atoms with Gasteiger partial charge in [0.05, 0.1) is 0 Å². The summed E-state index contributed by atoms with van der Waals surface area (Å²) < 4.78 is 5.18. The molecule has 2 atom stereocenters. The number of hydrogen-bond acceptors (Lipinski definition) is 5. The molecule has 0 radical (unpaired) electrons. The van der Waals surface area contributed by atoms with E-state index in [1.54, 1.807) is 7.11 Å². The summed E-state index contributed by atoms with van der Waals surface area (Å²) in [6.07, 6.45) is 6.02. The van der Waals surface area contributed by atoms with Crippen LogP contribution < -0.4 is 10.6 Å². The molecule has 1 aromatic heterocycles. The number of rotatable bonds is 9. The zero-order chi connectivity index (χ0) is 21.2. The first-order valence-corrected chi connectivity index (χ1v) is 12.6. The van der Waals surface area contributed by atoms with E-state index in [-0.39, 0.29) is 24.0 Å². The molecule has 0 amide bonds. The number of nitrogens with one attached hydrogen (secondary N) is 2. The second-order valence-electron chi connectivity index (χ2n) is 8.67. The number of thiophene rings is 1. The molecule has 3 heterocycles. The van der Waals surface area contributed by atoms with Gasteiger partial charge in [0.1, 0.15) is 0 Å². The molecule has 0 spiro atoms. The highest BCUT2D eigenvalue weighted by molar-refractivity contribution is 14.0. The lowest BCUT2D eigenvalue weighted by atomic mass is 9.88. The smallest absolute Gasteiger partial charge is 0.191 e. The van der Waals surface area contributed by atoms with Gasteiger partial charge in [0, 0.05) is 63.4 Å². The molecule has 0 aliphatic carbocycles. The number of guanidine groups is 1. The molecular formula is C23H42IN5OS. The minimum Gasteiger partial charge on any atom is -0.385 e. The van der Waals surface area contributed by atoms with Crippen molar-refractivity contribution in [2.24, 2.45) is 10.9 Å². The maximum atomic E-state index is 5.18.